The minimum atomic E-state index is -1.29. The van der Waals surface area contributed by atoms with Gasteiger partial charge in [-0.25, -0.2) is 0 Å². The van der Waals surface area contributed by atoms with Crippen LogP contribution in [0.1, 0.15) is 50.8 Å². The second-order valence-electron chi connectivity index (χ2n) is 10.3. The van der Waals surface area contributed by atoms with E-state index in [-0.39, 0.29) is 31.1 Å². The van der Waals surface area contributed by atoms with Crippen LogP contribution in [0, 0.1) is 6.92 Å². The third kappa shape index (κ3) is 9.11. The van der Waals surface area contributed by atoms with E-state index in [1.165, 1.54) is 11.8 Å². The van der Waals surface area contributed by atoms with Gasteiger partial charge in [0.25, 0.3) is 5.91 Å². The van der Waals surface area contributed by atoms with Gasteiger partial charge in [0.05, 0.1) is 12.0 Å². The van der Waals surface area contributed by atoms with Crippen LogP contribution in [0.15, 0.2) is 97.1 Å². The number of nitrogens with one attached hydrogen (secondary N) is 1. The molecule has 0 fully saturated rings. The van der Waals surface area contributed by atoms with E-state index in [2.05, 4.69) is 22.3 Å². The summed E-state index contributed by atoms with van der Waals surface area (Å²) < 4.78 is 0. The number of hydrogen-bond acceptors (Lipinski definition) is 6. The average molecular weight is 587 g/mol. The molecule has 0 saturated heterocycles. The minimum absolute atomic E-state index is 0. The van der Waals surface area contributed by atoms with Crippen molar-refractivity contribution in [3.8, 4) is 11.1 Å². The number of hydrogen-bond donors (Lipinski definition) is 1. The predicted molar refractivity (Wildman–Crippen MR) is 169 cm³/mol. The Kier molecular flexibility index (Phi) is 12.7. The van der Waals surface area contributed by atoms with E-state index in [4.69, 9.17) is 0 Å². The summed E-state index contributed by atoms with van der Waals surface area (Å²) in [7, 11) is 0. The third-order valence-corrected chi connectivity index (χ3v) is 7.84. The van der Waals surface area contributed by atoms with Crippen LogP contribution in [0.3, 0.4) is 0 Å². The van der Waals surface area contributed by atoms with Crippen molar-refractivity contribution in [1.29, 1.82) is 0 Å². The van der Waals surface area contributed by atoms with Gasteiger partial charge in [-0.3, -0.25) is 9.59 Å². The largest absolute Gasteiger partial charge is 1.00 e. The van der Waals surface area contributed by atoms with E-state index in [0.29, 0.717) is 30.0 Å². The summed E-state index contributed by atoms with van der Waals surface area (Å²) in [5, 5.41) is 14.4. The van der Waals surface area contributed by atoms with Gasteiger partial charge in [0.15, 0.2) is 5.78 Å². The number of aliphatic carboxylic acids is 1. The predicted octanol–water partition coefficient (Wildman–Crippen LogP) is 2.68. The van der Waals surface area contributed by atoms with Gasteiger partial charge >= 0.3 is 18.9 Å². The van der Waals surface area contributed by atoms with Gasteiger partial charge in [-0.05, 0) is 96.5 Å². The van der Waals surface area contributed by atoms with Gasteiger partial charge in [-0.15, -0.1) is 0 Å². The number of carbonyl (C=O) groups is 3. The molecule has 4 rings (SSSR count). The number of aryl methyl sites for hydroxylation is 1. The number of carboxylic acid groups (broad SMARTS) is 1. The molecular formula is C35H35LiN2O4S. The van der Waals surface area contributed by atoms with Crippen LogP contribution in [-0.4, -0.2) is 35.7 Å². The molecule has 0 aliphatic heterocycles. The van der Waals surface area contributed by atoms with Crippen molar-refractivity contribution < 1.29 is 38.4 Å². The maximum Gasteiger partial charge on any atom is 1.00 e. The van der Waals surface area contributed by atoms with Crippen LogP contribution in [-0.2, 0) is 17.9 Å². The zero-order valence-electron chi connectivity index (χ0n) is 25.1. The number of Topliss-reactive ketones (excluding diaryl/α,β-unsaturated/α-hetero) is 1. The summed E-state index contributed by atoms with van der Waals surface area (Å²) in [6.07, 6.45) is 2.17. The van der Waals surface area contributed by atoms with Crippen molar-refractivity contribution >= 4 is 35.1 Å². The summed E-state index contributed by atoms with van der Waals surface area (Å²) >= 11 is 1.52. The van der Waals surface area contributed by atoms with E-state index in [1.807, 2.05) is 92.0 Å². The second kappa shape index (κ2) is 16.2. The molecule has 0 radical (unpaired) electrons. The maximum absolute atomic E-state index is 13.5. The molecule has 1 N–H and O–H groups in total. The fraction of sp³-hybridized carbons (Fsp3) is 0.229. The van der Waals surface area contributed by atoms with E-state index in [1.54, 1.807) is 13.0 Å². The van der Waals surface area contributed by atoms with Gasteiger partial charge in [0.2, 0.25) is 0 Å². The SMILES string of the molecule is CSCC[C@H](NC(=O)c1ccc(CN(Cc2ccccc2)c2ccc(C(C)=O)cc2)cc1-c1ccccc1C)C(=O)[O-].[Li+]. The van der Waals surface area contributed by atoms with Crippen LogP contribution in [0.4, 0.5) is 5.69 Å². The first-order chi connectivity index (χ1) is 20.3. The van der Waals surface area contributed by atoms with Crippen LogP contribution >= 0.6 is 11.8 Å². The number of rotatable bonds is 13. The van der Waals surface area contributed by atoms with Crippen molar-refractivity contribution in [3.05, 3.63) is 125 Å². The van der Waals surface area contributed by atoms with E-state index in [0.717, 1.165) is 33.5 Å². The number of carbonyl (C=O) groups excluding carboxylic acids is 3. The third-order valence-electron chi connectivity index (χ3n) is 7.19. The fourth-order valence-electron chi connectivity index (χ4n) is 4.88. The summed E-state index contributed by atoms with van der Waals surface area (Å²) in [6, 6.07) is 30.2. The Morgan fingerprint density at radius 2 is 1.49 bits per heavy atom. The van der Waals surface area contributed by atoms with Crippen molar-refractivity contribution in [2.75, 3.05) is 16.9 Å². The molecule has 0 spiro atoms. The van der Waals surface area contributed by atoms with Crippen LogP contribution in [0.25, 0.3) is 11.1 Å². The Bertz CT molecular complexity index is 1540. The van der Waals surface area contributed by atoms with Gasteiger partial charge in [-0.2, -0.15) is 11.8 Å². The molecule has 4 aromatic rings. The molecule has 1 atom stereocenters. The second-order valence-corrected chi connectivity index (χ2v) is 11.3. The van der Waals surface area contributed by atoms with Gasteiger partial charge in [0, 0.05) is 29.9 Å². The molecule has 8 heteroatoms. The molecule has 0 heterocycles. The van der Waals surface area contributed by atoms with Gasteiger partial charge < -0.3 is 20.1 Å². The molecule has 43 heavy (non-hydrogen) atoms. The molecule has 0 saturated carbocycles. The van der Waals surface area contributed by atoms with Gasteiger partial charge in [0.1, 0.15) is 0 Å². The van der Waals surface area contributed by atoms with E-state index in [9.17, 15) is 19.5 Å². The number of carboxylic acids is 1. The smallest absolute Gasteiger partial charge is 0.548 e. The first-order valence-electron chi connectivity index (χ1n) is 13.9. The number of amides is 1. The molecule has 6 nitrogen and oxygen atoms in total. The number of nitrogens with zero attached hydrogens (tertiary/aromatic N) is 1. The quantitative estimate of drug-likeness (QED) is 0.192. The van der Waals surface area contributed by atoms with Crippen LogP contribution in [0.5, 0.6) is 0 Å². The summed E-state index contributed by atoms with van der Waals surface area (Å²) in [5.41, 5.74) is 6.79. The topological polar surface area (TPSA) is 89.5 Å². The Balaban J connectivity index is 0.00000506. The normalized spacial score (nSPS) is 11.2. The molecule has 0 aromatic heterocycles. The Morgan fingerprint density at radius 1 is 0.837 bits per heavy atom. The summed E-state index contributed by atoms with van der Waals surface area (Å²) in [5.74, 6) is -1.13. The Hall–Kier alpha value is -3.76. The molecule has 0 unspecified atom stereocenters. The molecule has 0 bridgehead atoms. The van der Waals surface area contributed by atoms with Gasteiger partial charge in [-0.1, -0.05) is 60.7 Å². The first-order valence-corrected chi connectivity index (χ1v) is 15.3. The fourth-order valence-corrected chi connectivity index (χ4v) is 5.35. The van der Waals surface area contributed by atoms with E-state index >= 15 is 0 Å². The maximum atomic E-state index is 13.5. The van der Waals surface area contributed by atoms with Crippen molar-refractivity contribution in [1.82, 2.24) is 5.32 Å². The van der Waals surface area contributed by atoms with Crippen molar-refractivity contribution in [3.63, 3.8) is 0 Å². The Morgan fingerprint density at radius 3 is 2.12 bits per heavy atom. The summed E-state index contributed by atoms with van der Waals surface area (Å²) in [4.78, 5) is 39.3. The first kappa shape index (κ1) is 33.7. The number of ketones is 1. The number of anilines is 1. The molecule has 0 aliphatic rings. The Labute approximate surface area is 270 Å². The van der Waals surface area contributed by atoms with Crippen molar-refractivity contribution in [2.45, 2.75) is 39.4 Å². The molecule has 0 aliphatic carbocycles. The van der Waals surface area contributed by atoms with Crippen LogP contribution in [0.2, 0.25) is 0 Å². The van der Waals surface area contributed by atoms with E-state index < -0.39 is 17.9 Å². The number of thioether (sulfide) groups is 1. The summed E-state index contributed by atoms with van der Waals surface area (Å²) in [6.45, 7) is 4.74. The minimum Gasteiger partial charge on any atom is -0.548 e. The number of benzene rings is 4. The average Bonchev–Trinajstić information content (AvgIpc) is 2.99. The molecule has 1 amide bonds. The molecular weight excluding hydrogens is 551 g/mol. The van der Waals surface area contributed by atoms with Crippen LogP contribution < -0.4 is 34.2 Å². The molecule has 4 aromatic carbocycles. The zero-order chi connectivity index (χ0) is 30.1. The monoisotopic (exact) mass is 586 g/mol. The zero-order valence-corrected chi connectivity index (χ0v) is 25.9. The standard InChI is InChI=1S/C35H36N2O4S.Li/c1-24-9-7-8-12-30(24)32-21-27(13-18-31(32)34(39)36-33(35(40)41)19-20-42-3)23-37(22-26-10-5-4-6-11-26)29-16-14-28(15-17-29)25(2)38;/h4-18,21,33H,19-20,22-23H2,1-3H3,(H,36,39)(H,40,41);/q;+1/p-1/t33-;/m0./s1. The molecule has 216 valence electrons. The van der Waals surface area contributed by atoms with Crippen molar-refractivity contribution in [2.24, 2.45) is 0 Å².